The molecule has 17 nitrogen and oxygen atoms in total. The van der Waals surface area contributed by atoms with Gasteiger partial charge in [-0.3, -0.25) is 19.9 Å². The summed E-state index contributed by atoms with van der Waals surface area (Å²) < 4.78 is 14.8. The number of nitrogens with zero attached hydrogens (tertiary/aromatic N) is 4. The molecule has 0 unspecified atom stereocenters. The summed E-state index contributed by atoms with van der Waals surface area (Å²) >= 11 is 2.24. The smallest absolute Gasteiger partial charge is 0.457 e. The monoisotopic (exact) mass is 583 g/mol. The van der Waals surface area contributed by atoms with Crippen LogP contribution in [0.2, 0.25) is 0 Å². The number of amides is 2. The highest BCUT2D eigenvalue weighted by molar-refractivity contribution is 8.00. The first-order valence-electron chi connectivity index (χ1n) is 11.1. The highest BCUT2D eigenvalue weighted by Gasteiger charge is 2.54. The van der Waals surface area contributed by atoms with E-state index in [1.807, 2.05) is 0 Å². The van der Waals surface area contributed by atoms with Crippen LogP contribution >= 0.6 is 23.1 Å². The number of aromatic nitrogens is 1. The van der Waals surface area contributed by atoms with Crippen LogP contribution in [0.15, 0.2) is 26.9 Å². The SMILES string of the molecule is CC(C)OC(=O)OCCOC(=O)C1=C(/C=N\NC(=N)N)CS[C@@H]2[C@H](NC(=O)C(=NO)c3csc(N)n3)C(=O)N12. The molecule has 0 radical (unpaired) electrons. The Balaban J connectivity index is 1.72. The molecule has 2 aliphatic rings. The number of esters is 1. The molecule has 19 heteroatoms. The van der Waals surface area contributed by atoms with Gasteiger partial charge in [-0.1, -0.05) is 5.16 Å². The first-order valence-corrected chi connectivity index (χ1v) is 13.0. The minimum atomic E-state index is -1.07. The second-order valence-electron chi connectivity index (χ2n) is 7.94. The van der Waals surface area contributed by atoms with E-state index in [1.165, 1.54) is 23.4 Å². The molecule has 2 atom stereocenters. The number of nitrogens with one attached hydrogen (secondary N) is 3. The fourth-order valence-electron chi connectivity index (χ4n) is 3.28. The van der Waals surface area contributed by atoms with Gasteiger partial charge in [0.2, 0.25) is 5.96 Å². The number of hydrazone groups is 1. The van der Waals surface area contributed by atoms with Gasteiger partial charge in [0.1, 0.15) is 36.0 Å². The van der Waals surface area contributed by atoms with Crippen molar-refractivity contribution in [3.8, 4) is 0 Å². The fourth-order valence-corrected chi connectivity index (χ4v) is 5.13. The minimum Gasteiger partial charge on any atom is -0.457 e. The maximum atomic E-state index is 13.1. The lowest BCUT2D eigenvalue weighted by Crippen LogP contribution is -2.71. The van der Waals surface area contributed by atoms with Gasteiger partial charge in [0, 0.05) is 16.7 Å². The summed E-state index contributed by atoms with van der Waals surface area (Å²) in [5.74, 6) is -2.73. The van der Waals surface area contributed by atoms with Crippen molar-refractivity contribution in [1.29, 1.82) is 5.41 Å². The largest absolute Gasteiger partial charge is 0.508 e. The summed E-state index contributed by atoms with van der Waals surface area (Å²) in [7, 11) is 0. The van der Waals surface area contributed by atoms with Gasteiger partial charge in [0.15, 0.2) is 10.8 Å². The topological polar surface area (TPSA) is 257 Å². The average molecular weight is 584 g/mol. The first kappa shape index (κ1) is 29.2. The zero-order chi connectivity index (χ0) is 28.7. The number of anilines is 1. The number of hydrogen-bond donors (Lipinski definition) is 6. The molecule has 0 aromatic carbocycles. The van der Waals surface area contributed by atoms with Crippen LogP contribution in [0.1, 0.15) is 19.5 Å². The maximum absolute atomic E-state index is 13.1. The Labute approximate surface area is 229 Å². The van der Waals surface area contributed by atoms with Crippen molar-refractivity contribution in [2.75, 3.05) is 24.7 Å². The number of hydrogen-bond acceptors (Lipinski definition) is 15. The Morgan fingerprint density at radius 3 is 2.69 bits per heavy atom. The number of thiazole rings is 1. The Morgan fingerprint density at radius 1 is 1.36 bits per heavy atom. The van der Waals surface area contributed by atoms with Crippen LogP contribution in [0.5, 0.6) is 0 Å². The summed E-state index contributed by atoms with van der Waals surface area (Å²) in [6.45, 7) is 2.65. The molecule has 1 aromatic rings. The van der Waals surface area contributed by atoms with E-state index in [-0.39, 0.29) is 41.1 Å². The maximum Gasteiger partial charge on any atom is 0.508 e. The zero-order valence-corrected chi connectivity index (χ0v) is 22.2. The molecule has 2 amide bonds. The summed E-state index contributed by atoms with van der Waals surface area (Å²) in [5.41, 5.74) is 12.7. The molecule has 210 valence electrons. The van der Waals surface area contributed by atoms with Crippen molar-refractivity contribution < 1.29 is 38.6 Å². The second-order valence-corrected chi connectivity index (χ2v) is 9.93. The zero-order valence-electron chi connectivity index (χ0n) is 20.6. The van der Waals surface area contributed by atoms with Crippen molar-refractivity contribution in [1.82, 2.24) is 20.6 Å². The van der Waals surface area contributed by atoms with Crippen molar-refractivity contribution in [3.63, 3.8) is 0 Å². The Kier molecular flexibility index (Phi) is 9.66. The van der Waals surface area contributed by atoms with E-state index < -0.39 is 53.1 Å². The van der Waals surface area contributed by atoms with Crippen molar-refractivity contribution in [3.05, 3.63) is 22.3 Å². The number of ether oxygens (including phenoxy) is 3. The molecule has 8 N–H and O–H groups in total. The Bertz CT molecular complexity index is 1250. The number of nitrogen functional groups attached to an aromatic ring is 1. The van der Waals surface area contributed by atoms with Crippen LogP contribution < -0.4 is 22.2 Å². The van der Waals surface area contributed by atoms with Crippen molar-refractivity contribution in [2.24, 2.45) is 16.0 Å². The molecule has 0 aliphatic carbocycles. The number of guanidine groups is 1. The van der Waals surface area contributed by atoms with Gasteiger partial charge in [-0.25, -0.2) is 20.0 Å². The number of rotatable bonds is 10. The summed E-state index contributed by atoms with van der Waals surface area (Å²) in [4.78, 5) is 55.3. The van der Waals surface area contributed by atoms with Crippen molar-refractivity contribution in [2.45, 2.75) is 31.4 Å². The molecule has 3 rings (SSSR count). The van der Waals surface area contributed by atoms with Gasteiger partial charge in [-0.15, -0.1) is 23.1 Å². The predicted octanol–water partition coefficient (Wildman–Crippen LogP) is -0.869. The minimum absolute atomic E-state index is 0.0255. The molecule has 0 bridgehead atoms. The molecule has 0 spiro atoms. The van der Waals surface area contributed by atoms with Crippen LogP contribution in [0.4, 0.5) is 9.93 Å². The third-order valence-corrected chi connectivity index (χ3v) is 6.81. The Morgan fingerprint density at radius 2 is 2.08 bits per heavy atom. The second kappa shape index (κ2) is 12.9. The van der Waals surface area contributed by atoms with E-state index in [2.05, 4.69) is 26.0 Å². The lowest BCUT2D eigenvalue weighted by Gasteiger charge is -2.49. The third kappa shape index (κ3) is 7.13. The lowest BCUT2D eigenvalue weighted by molar-refractivity contribution is -0.153. The molecule has 0 saturated carbocycles. The number of carbonyl (C=O) groups is 4. The van der Waals surface area contributed by atoms with Gasteiger partial charge >= 0.3 is 12.1 Å². The molecule has 1 aromatic heterocycles. The molecular formula is C20H25N9O8S2. The molecule has 3 heterocycles. The molecule has 1 saturated heterocycles. The van der Waals surface area contributed by atoms with Crippen LogP contribution in [0, 0.1) is 5.41 Å². The van der Waals surface area contributed by atoms with E-state index in [0.717, 1.165) is 16.2 Å². The predicted molar refractivity (Wildman–Crippen MR) is 139 cm³/mol. The number of nitrogens with two attached hydrogens (primary N) is 2. The Hall–Kier alpha value is -4.39. The summed E-state index contributed by atoms with van der Waals surface area (Å²) in [6.07, 6.45) is -0.113. The van der Waals surface area contributed by atoms with Crippen LogP contribution in [0.3, 0.4) is 0 Å². The number of β-lactam (4-membered cyclic amide) rings is 1. The first-order chi connectivity index (χ1) is 18.5. The third-order valence-electron chi connectivity index (χ3n) is 4.83. The normalized spacial score (nSPS) is 18.9. The lowest BCUT2D eigenvalue weighted by atomic mass is 10.0. The summed E-state index contributed by atoms with van der Waals surface area (Å²) in [6, 6.07) is -1.07. The molecular weight excluding hydrogens is 558 g/mol. The summed E-state index contributed by atoms with van der Waals surface area (Å²) in [5, 5.41) is 26.6. The molecule has 2 aliphatic heterocycles. The van der Waals surface area contributed by atoms with E-state index in [0.29, 0.717) is 0 Å². The fraction of sp³-hybridized carbons (Fsp3) is 0.400. The number of carbonyl (C=O) groups excluding carboxylic acids is 4. The van der Waals surface area contributed by atoms with Crippen LogP contribution in [0.25, 0.3) is 0 Å². The van der Waals surface area contributed by atoms with Crippen molar-refractivity contribution >= 4 is 70.1 Å². The van der Waals surface area contributed by atoms with Gasteiger partial charge in [-0.05, 0) is 13.8 Å². The highest BCUT2D eigenvalue weighted by atomic mass is 32.2. The number of oxime groups is 1. The highest BCUT2D eigenvalue weighted by Crippen LogP contribution is 2.40. The van der Waals surface area contributed by atoms with Gasteiger partial charge < -0.3 is 36.2 Å². The van der Waals surface area contributed by atoms with E-state index >= 15 is 0 Å². The van der Waals surface area contributed by atoms with Gasteiger partial charge in [0.05, 0.1) is 12.3 Å². The standard InChI is InChI=1S/C20H25N9O8S2/c1-8(2)37-20(33)36-4-3-35-17(32)13-9(5-24-27-18(21)22)6-38-16-12(15(31)29(13)16)26-14(30)11(28-34)10-7-39-19(23)25-10/h5,7-8,12,16,34H,3-4,6H2,1-2H3,(H2,23,25)(H,26,30)(H4,21,22,27)/b24-5-,28-11?/t12-,16-/m1/s1. The van der Waals surface area contributed by atoms with E-state index in [9.17, 15) is 24.4 Å². The quantitative estimate of drug-likeness (QED) is 0.0373. The van der Waals surface area contributed by atoms with E-state index in [4.69, 9.17) is 31.1 Å². The van der Waals surface area contributed by atoms with E-state index in [1.54, 1.807) is 13.8 Å². The van der Waals surface area contributed by atoms with Crippen LogP contribution in [-0.2, 0) is 28.6 Å². The van der Waals surface area contributed by atoms with Crippen LogP contribution in [-0.4, -0.2) is 93.4 Å². The molecule has 39 heavy (non-hydrogen) atoms. The number of fused-ring (bicyclic) bond motifs is 1. The molecule has 1 fully saturated rings. The average Bonchev–Trinajstić information content (AvgIpc) is 3.30. The van der Waals surface area contributed by atoms with Gasteiger partial charge in [-0.2, -0.15) is 5.10 Å². The van der Waals surface area contributed by atoms with Gasteiger partial charge in [0.25, 0.3) is 11.8 Å². The number of thioether (sulfide) groups is 1.